The van der Waals surface area contributed by atoms with Crippen molar-refractivity contribution in [1.82, 2.24) is 0 Å². The molecule has 124 valence electrons. The molecule has 0 aromatic heterocycles. The van der Waals surface area contributed by atoms with Crippen molar-refractivity contribution in [2.45, 2.75) is 10.7 Å². The lowest BCUT2D eigenvalue weighted by molar-refractivity contribution is 1.35. The molecule has 0 unspecified atom stereocenters. The van der Waals surface area contributed by atoms with Gasteiger partial charge in [-0.2, -0.15) is 0 Å². The van der Waals surface area contributed by atoms with Crippen LogP contribution >= 0.6 is 34.8 Å². The van der Waals surface area contributed by atoms with Crippen molar-refractivity contribution in [2.24, 2.45) is 0 Å². The third-order valence-electron chi connectivity index (χ3n) is 4.61. The summed E-state index contributed by atoms with van der Waals surface area (Å²) in [6, 6.07) is 24.9. The Balaban J connectivity index is 2.22. The van der Waals surface area contributed by atoms with Crippen LogP contribution in [0.4, 0.5) is 0 Å². The van der Waals surface area contributed by atoms with Crippen LogP contribution in [-0.4, -0.2) is 0 Å². The van der Waals surface area contributed by atoms with Gasteiger partial charge in [0.05, 0.1) is 0 Å². The summed E-state index contributed by atoms with van der Waals surface area (Å²) in [4.78, 5) is -0.609. The maximum Gasteiger partial charge on any atom is 0.133 e. The predicted molar refractivity (Wildman–Crippen MR) is 111 cm³/mol. The summed E-state index contributed by atoms with van der Waals surface area (Å²) in [6.45, 7) is 0. The predicted octanol–water partition coefficient (Wildman–Crippen LogP) is 7.88. The minimum Gasteiger partial charge on any atom is -0.122 e. The van der Waals surface area contributed by atoms with Crippen LogP contribution in [0.1, 0.15) is 16.0 Å². The highest BCUT2D eigenvalue weighted by Gasteiger charge is 2.19. The van der Waals surface area contributed by atoms with Crippen molar-refractivity contribution in [3.8, 4) is 11.1 Å². The summed E-state index contributed by atoms with van der Waals surface area (Å²) >= 11 is 19.0. The zero-order valence-electron chi connectivity index (χ0n) is 13.3. The SMILES string of the molecule is ClCc1ccc2ccccc2c1-c1c(C(Cl)Cl)ccc2ccccc12. The summed E-state index contributed by atoms with van der Waals surface area (Å²) < 4.78 is 0. The molecule has 3 heteroatoms. The van der Waals surface area contributed by atoms with E-state index in [1.165, 1.54) is 5.39 Å². The molecule has 4 aromatic carbocycles. The first-order valence-corrected chi connectivity index (χ1v) is 9.48. The molecule has 0 saturated heterocycles. The van der Waals surface area contributed by atoms with E-state index >= 15 is 0 Å². The summed E-state index contributed by atoms with van der Waals surface area (Å²) in [6.07, 6.45) is 0. The molecule has 4 rings (SSSR count). The zero-order valence-corrected chi connectivity index (χ0v) is 15.6. The lowest BCUT2D eigenvalue weighted by atomic mass is 9.88. The van der Waals surface area contributed by atoms with Crippen LogP contribution in [0.5, 0.6) is 0 Å². The van der Waals surface area contributed by atoms with Crippen LogP contribution in [-0.2, 0) is 5.88 Å². The molecule has 0 radical (unpaired) electrons. The highest BCUT2D eigenvalue weighted by atomic mass is 35.5. The van der Waals surface area contributed by atoms with Gasteiger partial charge in [-0.25, -0.2) is 0 Å². The molecule has 0 aliphatic carbocycles. The van der Waals surface area contributed by atoms with Crippen molar-refractivity contribution < 1.29 is 0 Å². The van der Waals surface area contributed by atoms with Crippen molar-refractivity contribution >= 4 is 56.3 Å². The normalized spacial score (nSPS) is 11.5. The van der Waals surface area contributed by atoms with Crippen LogP contribution in [0.2, 0.25) is 0 Å². The first kappa shape index (κ1) is 16.7. The van der Waals surface area contributed by atoms with Crippen LogP contribution in [0, 0.1) is 0 Å². The van der Waals surface area contributed by atoms with E-state index in [1.807, 2.05) is 30.3 Å². The topological polar surface area (TPSA) is 0 Å². The van der Waals surface area contributed by atoms with E-state index in [0.29, 0.717) is 5.88 Å². The van der Waals surface area contributed by atoms with Gasteiger partial charge in [0.15, 0.2) is 0 Å². The smallest absolute Gasteiger partial charge is 0.122 e. The van der Waals surface area contributed by atoms with Crippen molar-refractivity contribution in [3.63, 3.8) is 0 Å². The molecule has 0 aliphatic heterocycles. The largest absolute Gasteiger partial charge is 0.133 e. The first-order chi connectivity index (χ1) is 12.2. The van der Waals surface area contributed by atoms with Gasteiger partial charge < -0.3 is 0 Å². The third kappa shape index (κ3) is 2.89. The zero-order chi connectivity index (χ0) is 17.4. The summed E-state index contributed by atoms with van der Waals surface area (Å²) in [5.74, 6) is 0.429. The molecule has 0 heterocycles. The second kappa shape index (κ2) is 6.88. The van der Waals surface area contributed by atoms with Gasteiger partial charge in [-0.3, -0.25) is 0 Å². The Labute approximate surface area is 161 Å². The van der Waals surface area contributed by atoms with Gasteiger partial charge in [-0.1, -0.05) is 72.8 Å². The number of hydrogen-bond acceptors (Lipinski definition) is 0. The van der Waals surface area contributed by atoms with Crippen LogP contribution in [0.3, 0.4) is 0 Å². The molecule has 4 aromatic rings. The van der Waals surface area contributed by atoms with E-state index in [2.05, 4.69) is 42.5 Å². The molecule has 0 spiro atoms. The van der Waals surface area contributed by atoms with Crippen LogP contribution < -0.4 is 0 Å². The highest BCUT2D eigenvalue weighted by Crippen LogP contribution is 2.43. The third-order valence-corrected chi connectivity index (χ3v) is 5.36. The Kier molecular flexibility index (Phi) is 4.60. The molecule has 25 heavy (non-hydrogen) atoms. The van der Waals surface area contributed by atoms with Crippen molar-refractivity contribution in [1.29, 1.82) is 0 Å². The minimum atomic E-state index is -0.609. The maximum absolute atomic E-state index is 6.34. The van der Waals surface area contributed by atoms with Gasteiger partial charge in [-0.05, 0) is 43.8 Å². The number of hydrogen-bond donors (Lipinski definition) is 0. The lowest BCUT2D eigenvalue weighted by Crippen LogP contribution is -1.96. The molecule has 0 saturated carbocycles. The fraction of sp³-hybridized carbons (Fsp3) is 0.0909. The molecule has 0 nitrogen and oxygen atoms in total. The average Bonchev–Trinajstić information content (AvgIpc) is 2.66. The Morgan fingerprint density at radius 1 is 0.640 bits per heavy atom. The number of halogens is 3. The van der Waals surface area contributed by atoms with Gasteiger partial charge in [0.1, 0.15) is 4.84 Å². The van der Waals surface area contributed by atoms with Crippen LogP contribution in [0.15, 0.2) is 72.8 Å². The second-order valence-electron chi connectivity index (χ2n) is 6.01. The molecule has 0 atom stereocenters. The number of benzene rings is 4. The Morgan fingerprint density at radius 2 is 1.20 bits per heavy atom. The van der Waals surface area contributed by atoms with Crippen LogP contribution in [0.25, 0.3) is 32.7 Å². The maximum atomic E-state index is 6.34. The lowest BCUT2D eigenvalue weighted by Gasteiger charge is -2.19. The number of rotatable bonds is 3. The molecule has 0 aliphatic rings. The quantitative estimate of drug-likeness (QED) is 0.315. The van der Waals surface area contributed by atoms with E-state index in [1.54, 1.807) is 0 Å². The monoisotopic (exact) mass is 384 g/mol. The Morgan fingerprint density at radius 3 is 1.80 bits per heavy atom. The van der Waals surface area contributed by atoms with Gasteiger partial charge in [0, 0.05) is 5.88 Å². The number of alkyl halides is 3. The Bertz CT molecular complexity index is 1070. The summed E-state index contributed by atoms with van der Waals surface area (Å²) in [7, 11) is 0. The first-order valence-electron chi connectivity index (χ1n) is 8.07. The fourth-order valence-electron chi connectivity index (χ4n) is 3.47. The minimum absolute atomic E-state index is 0.429. The summed E-state index contributed by atoms with van der Waals surface area (Å²) in [5, 5.41) is 4.62. The molecular weight excluding hydrogens is 371 g/mol. The van der Waals surface area contributed by atoms with E-state index in [-0.39, 0.29) is 0 Å². The second-order valence-corrected chi connectivity index (χ2v) is 7.37. The molecule has 0 bridgehead atoms. The van der Waals surface area contributed by atoms with Gasteiger partial charge in [-0.15, -0.1) is 34.8 Å². The van der Waals surface area contributed by atoms with Gasteiger partial charge in [0.25, 0.3) is 0 Å². The van der Waals surface area contributed by atoms with Crippen molar-refractivity contribution in [3.05, 3.63) is 83.9 Å². The standard InChI is InChI=1S/C22H15Cl3/c23-13-16-10-9-14-5-1-3-7-17(14)20(16)21-18-8-4-2-6-15(18)11-12-19(21)22(24)25/h1-12,22H,13H2. The van der Waals surface area contributed by atoms with Gasteiger partial charge >= 0.3 is 0 Å². The molecular formula is C22H15Cl3. The number of fused-ring (bicyclic) bond motifs is 2. The molecule has 0 fully saturated rings. The van der Waals surface area contributed by atoms with Gasteiger partial charge in [0.2, 0.25) is 0 Å². The Hall–Kier alpha value is -1.73. The molecule has 0 amide bonds. The highest BCUT2D eigenvalue weighted by molar-refractivity contribution is 6.44. The van der Waals surface area contributed by atoms with E-state index in [0.717, 1.165) is 38.4 Å². The molecule has 0 N–H and O–H groups in total. The van der Waals surface area contributed by atoms with E-state index < -0.39 is 4.84 Å². The van der Waals surface area contributed by atoms with E-state index in [4.69, 9.17) is 34.8 Å². The summed E-state index contributed by atoms with van der Waals surface area (Å²) in [5.41, 5.74) is 4.17. The van der Waals surface area contributed by atoms with E-state index in [9.17, 15) is 0 Å². The fourth-order valence-corrected chi connectivity index (χ4v) is 4.06. The average molecular weight is 386 g/mol. The van der Waals surface area contributed by atoms with Crippen molar-refractivity contribution in [2.75, 3.05) is 0 Å².